The number of nitrogens with zero attached hydrogens (tertiary/aromatic N) is 1. The van der Waals surface area contributed by atoms with Crippen LogP contribution in [0, 0.1) is 0 Å². The van der Waals surface area contributed by atoms with Gasteiger partial charge >= 0.3 is 0 Å². The van der Waals surface area contributed by atoms with Crippen molar-refractivity contribution in [3.63, 3.8) is 0 Å². The lowest BCUT2D eigenvalue weighted by Crippen LogP contribution is -2.52. The summed E-state index contributed by atoms with van der Waals surface area (Å²) < 4.78 is 0. The zero-order valence-electron chi connectivity index (χ0n) is 20.2. The molecule has 2 atom stereocenters. The van der Waals surface area contributed by atoms with Crippen LogP contribution in [0.15, 0.2) is 77.7 Å². The Morgan fingerprint density at radius 3 is 2.17 bits per heavy atom. The van der Waals surface area contributed by atoms with E-state index < -0.39 is 6.04 Å². The van der Waals surface area contributed by atoms with Crippen LogP contribution in [0.3, 0.4) is 0 Å². The van der Waals surface area contributed by atoms with Crippen molar-refractivity contribution in [1.29, 1.82) is 0 Å². The Kier molecular flexibility index (Phi) is 11.0. The predicted octanol–water partition coefficient (Wildman–Crippen LogP) is 7.29. The van der Waals surface area contributed by atoms with Gasteiger partial charge in [0.15, 0.2) is 0 Å². The minimum Gasteiger partial charge on any atom is -0.352 e. The molecule has 0 heterocycles. The van der Waals surface area contributed by atoms with E-state index in [0.717, 1.165) is 16.9 Å². The molecule has 0 spiro atoms. The average Bonchev–Trinajstić information content (AvgIpc) is 2.87. The van der Waals surface area contributed by atoms with E-state index in [1.165, 1.54) is 11.8 Å². The molecule has 190 valence electrons. The fraction of sp³-hybridized carbons (Fsp3) is 0.286. The molecule has 0 fully saturated rings. The van der Waals surface area contributed by atoms with E-state index in [1.807, 2.05) is 56.3 Å². The molecule has 3 aromatic rings. The first-order valence-electron chi connectivity index (χ1n) is 11.7. The van der Waals surface area contributed by atoms with Crippen LogP contribution >= 0.6 is 46.6 Å². The van der Waals surface area contributed by atoms with Crippen LogP contribution in [0.5, 0.6) is 0 Å². The summed E-state index contributed by atoms with van der Waals surface area (Å²) in [4.78, 5) is 29.8. The van der Waals surface area contributed by atoms with Crippen LogP contribution in [-0.2, 0) is 22.6 Å². The van der Waals surface area contributed by atoms with E-state index in [0.29, 0.717) is 27.1 Å². The van der Waals surface area contributed by atoms with Gasteiger partial charge < -0.3 is 10.2 Å². The van der Waals surface area contributed by atoms with Crippen molar-refractivity contribution >= 4 is 58.4 Å². The molecule has 4 nitrogen and oxygen atoms in total. The zero-order valence-corrected chi connectivity index (χ0v) is 23.3. The fourth-order valence-electron chi connectivity index (χ4n) is 3.61. The van der Waals surface area contributed by atoms with Gasteiger partial charge in [0.25, 0.3) is 0 Å². The normalized spacial score (nSPS) is 12.6. The number of nitrogens with one attached hydrogen (secondary N) is 1. The number of thioether (sulfide) groups is 1. The summed E-state index contributed by atoms with van der Waals surface area (Å²) >= 11 is 20.3. The van der Waals surface area contributed by atoms with Crippen molar-refractivity contribution in [2.24, 2.45) is 0 Å². The van der Waals surface area contributed by atoms with Gasteiger partial charge in [-0.2, -0.15) is 0 Å². The molecule has 0 bridgehead atoms. The molecule has 0 saturated carbocycles. The smallest absolute Gasteiger partial charge is 0.243 e. The summed E-state index contributed by atoms with van der Waals surface area (Å²) in [6.07, 6.45) is 1.14. The lowest BCUT2D eigenvalue weighted by Gasteiger charge is -2.32. The van der Waals surface area contributed by atoms with E-state index in [4.69, 9.17) is 34.8 Å². The molecule has 2 amide bonds. The summed E-state index contributed by atoms with van der Waals surface area (Å²) in [5.74, 6) is -0.251. The molecular formula is C28H29Cl3N2O2S. The molecule has 0 saturated heterocycles. The van der Waals surface area contributed by atoms with Crippen molar-refractivity contribution in [3.05, 3.63) is 99.0 Å². The summed E-state index contributed by atoms with van der Waals surface area (Å²) in [7, 11) is 0. The number of benzene rings is 3. The highest BCUT2D eigenvalue weighted by Gasteiger charge is 2.31. The average molecular weight is 564 g/mol. The largest absolute Gasteiger partial charge is 0.352 e. The first-order valence-corrected chi connectivity index (χ1v) is 13.9. The van der Waals surface area contributed by atoms with Gasteiger partial charge in [-0.3, -0.25) is 9.59 Å². The maximum Gasteiger partial charge on any atom is 0.243 e. The van der Waals surface area contributed by atoms with Gasteiger partial charge in [0.05, 0.1) is 5.75 Å². The Labute approximate surface area is 232 Å². The fourth-order valence-corrected chi connectivity index (χ4v) is 5.04. The minimum absolute atomic E-state index is 0.0277. The molecule has 0 aromatic heterocycles. The number of carbonyl (C=O) groups excluding carboxylic acids is 2. The van der Waals surface area contributed by atoms with Gasteiger partial charge in [-0.05, 0) is 55.3 Å². The molecule has 0 aliphatic heterocycles. The van der Waals surface area contributed by atoms with Crippen LogP contribution in [0.2, 0.25) is 15.1 Å². The third kappa shape index (κ3) is 8.17. The topological polar surface area (TPSA) is 49.4 Å². The number of hydrogen-bond donors (Lipinski definition) is 1. The Morgan fingerprint density at radius 1 is 0.917 bits per heavy atom. The lowest BCUT2D eigenvalue weighted by molar-refractivity contribution is -0.139. The maximum atomic E-state index is 13.7. The van der Waals surface area contributed by atoms with E-state index >= 15 is 0 Å². The van der Waals surface area contributed by atoms with E-state index in [9.17, 15) is 9.59 Å². The van der Waals surface area contributed by atoms with E-state index in [-0.39, 0.29) is 30.2 Å². The van der Waals surface area contributed by atoms with Crippen LogP contribution in [0.25, 0.3) is 0 Å². The number of halogens is 3. The lowest BCUT2D eigenvalue weighted by atomic mass is 10.0. The molecule has 1 N–H and O–H groups in total. The molecule has 0 radical (unpaired) electrons. The molecule has 0 unspecified atom stereocenters. The molecule has 3 aromatic carbocycles. The van der Waals surface area contributed by atoms with Gasteiger partial charge in [-0.25, -0.2) is 0 Å². The summed E-state index contributed by atoms with van der Waals surface area (Å²) in [6, 6.07) is 21.4. The van der Waals surface area contributed by atoms with Crippen molar-refractivity contribution in [2.45, 2.75) is 50.2 Å². The first kappa shape index (κ1) is 28.4. The second-order valence-corrected chi connectivity index (χ2v) is 10.8. The molecule has 3 rings (SSSR count). The van der Waals surface area contributed by atoms with Crippen LogP contribution in [0.4, 0.5) is 0 Å². The van der Waals surface area contributed by atoms with Crippen molar-refractivity contribution in [3.8, 4) is 0 Å². The van der Waals surface area contributed by atoms with Crippen molar-refractivity contribution in [2.75, 3.05) is 5.75 Å². The van der Waals surface area contributed by atoms with Crippen LogP contribution in [0.1, 0.15) is 31.4 Å². The van der Waals surface area contributed by atoms with Gasteiger partial charge in [0.2, 0.25) is 11.8 Å². The first-order chi connectivity index (χ1) is 17.3. The number of rotatable bonds is 11. The molecule has 8 heteroatoms. The Balaban J connectivity index is 1.95. The Morgan fingerprint density at radius 2 is 1.56 bits per heavy atom. The van der Waals surface area contributed by atoms with Crippen molar-refractivity contribution < 1.29 is 9.59 Å². The van der Waals surface area contributed by atoms with Crippen LogP contribution < -0.4 is 5.32 Å². The molecule has 36 heavy (non-hydrogen) atoms. The highest BCUT2D eigenvalue weighted by molar-refractivity contribution is 8.00. The van der Waals surface area contributed by atoms with Gasteiger partial charge in [-0.15, -0.1) is 11.8 Å². The maximum absolute atomic E-state index is 13.7. The number of carbonyl (C=O) groups is 2. The standard InChI is InChI=1S/C28H29Cl3N2O2S/c1-3-19(2)32-28(35)26(16-20-8-5-4-6-9-20)33(17-23-24(30)10-7-11-25(23)31)27(34)18-36-22-14-12-21(29)13-15-22/h4-15,19,26H,3,16-18H2,1-2H3,(H,32,35)/t19-,26-/m0/s1. The minimum atomic E-state index is -0.743. The second kappa shape index (κ2) is 13.9. The van der Waals surface area contributed by atoms with Crippen LogP contribution in [-0.4, -0.2) is 34.6 Å². The van der Waals surface area contributed by atoms with E-state index in [1.54, 1.807) is 35.2 Å². The third-order valence-corrected chi connectivity index (χ3v) is 7.80. The number of amides is 2. The Hall–Kier alpha value is -2.18. The number of hydrogen-bond acceptors (Lipinski definition) is 3. The highest BCUT2D eigenvalue weighted by atomic mass is 35.5. The summed E-state index contributed by atoms with van der Waals surface area (Å²) in [6.45, 7) is 4.07. The van der Waals surface area contributed by atoms with Gasteiger partial charge in [0, 0.05) is 44.5 Å². The monoisotopic (exact) mass is 562 g/mol. The highest BCUT2D eigenvalue weighted by Crippen LogP contribution is 2.28. The van der Waals surface area contributed by atoms with E-state index in [2.05, 4.69) is 5.32 Å². The molecule has 0 aliphatic rings. The SMILES string of the molecule is CC[C@H](C)NC(=O)[C@H](Cc1ccccc1)N(Cc1c(Cl)cccc1Cl)C(=O)CSc1ccc(Cl)cc1. The van der Waals surface area contributed by atoms with Crippen molar-refractivity contribution in [1.82, 2.24) is 10.2 Å². The Bertz CT molecular complexity index is 1140. The second-order valence-electron chi connectivity index (χ2n) is 8.49. The zero-order chi connectivity index (χ0) is 26.1. The predicted molar refractivity (Wildman–Crippen MR) is 151 cm³/mol. The summed E-state index contributed by atoms with van der Waals surface area (Å²) in [5.41, 5.74) is 1.57. The van der Waals surface area contributed by atoms with Gasteiger partial charge in [-0.1, -0.05) is 78.1 Å². The molecule has 0 aliphatic carbocycles. The quantitative estimate of drug-likeness (QED) is 0.249. The summed E-state index contributed by atoms with van der Waals surface area (Å²) in [5, 5.41) is 4.59. The van der Waals surface area contributed by atoms with Gasteiger partial charge in [0.1, 0.15) is 6.04 Å². The third-order valence-electron chi connectivity index (χ3n) is 5.84. The molecular weight excluding hydrogens is 535 g/mol.